The predicted octanol–water partition coefficient (Wildman–Crippen LogP) is 2.87. The maximum absolute atomic E-state index is 11.3. The predicted molar refractivity (Wildman–Crippen MR) is 87.4 cm³/mol. The number of hydrogen-bond donors (Lipinski definition) is 1. The van der Waals surface area contributed by atoms with Gasteiger partial charge in [0.2, 0.25) is 0 Å². The average Bonchev–Trinajstić information content (AvgIpc) is 3.00. The summed E-state index contributed by atoms with van der Waals surface area (Å²) in [6.45, 7) is 2.47. The first kappa shape index (κ1) is 18.2. The SMILES string of the molecule is CCCOC(OC)C(O)(Cn1cncn1)c1ccc(Cl)cc1Cl. The van der Waals surface area contributed by atoms with Crippen LogP contribution < -0.4 is 0 Å². The van der Waals surface area contributed by atoms with Gasteiger partial charge in [-0.1, -0.05) is 36.2 Å². The van der Waals surface area contributed by atoms with Gasteiger partial charge < -0.3 is 14.6 Å². The first-order chi connectivity index (χ1) is 11.0. The third kappa shape index (κ3) is 4.22. The van der Waals surface area contributed by atoms with Crippen LogP contribution in [0.4, 0.5) is 0 Å². The number of benzene rings is 1. The van der Waals surface area contributed by atoms with Crippen molar-refractivity contribution < 1.29 is 14.6 Å². The lowest BCUT2D eigenvalue weighted by Crippen LogP contribution is -2.46. The second kappa shape index (κ2) is 8.08. The molecular weight excluding hydrogens is 341 g/mol. The number of hydrogen-bond acceptors (Lipinski definition) is 5. The van der Waals surface area contributed by atoms with Crippen LogP contribution >= 0.6 is 23.2 Å². The van der Waals surface area contributed by atoms with E-state index in [9.17, 15) is 5.11 Å². The minimum atomic E-state index is -1.56. The molecule has 1 aromatic heterocycles. The van der Waals surface area contributed by atoms with Gasteiger partial charge in [-0.15, -0.1) is 0 Å². The van der Waals surface area contributed by atoms with Gasteiger partial charge in [0.25, 0.3) is 0 Å². The lowest BCUT2D eigenvalue weighted by molar-refractivity contribution is -0.238. The molecule has 6 nitrogen and oxygen atoms in total. The normalized spacial score (nSPS) is 15.3. The lowest BCUT2D eigenvalue weighted by Gasteiger charge is -2.35. The van der Waals surface area contributed by atoms with Gasteiger partial charge >= 0.3 is 0 Å². The molecule has 0 fully saturated rings. The molecule has 2 unspecified atom stereocenters. The highest BCUT2D eigenvalue weighted by molar-refractivity contribution is 6.35. The standard InChI is InChI=1S/C15H19Cl2N3O3/c1-3-6-23-14(22-2)15(21,8-20-10-18-9-19-20)12-5-4-11(16)7-13(12)17/h4-5,7,9-10,14,21H,3,6,8H2,1-2H3. The summed E-state index contributed by atoms with van der Waals surface area (Å²) in [5, 5.41) is 16.2. The van der Waals surface area contributed by atoms with E-state index >= 15 is 0 Å². The Balaban J connectivity index is 2.44. The minimum Gasteiger partial charge on any atom is -0.378 e. The van der Waals surface area contributed by atoms with E-state index < -0.39 is 11.9 Å². The topological polar surface area (TPSA) is 69.4 Å². The van der Waals surface area contributed by atoms with Gasteiger partial charge in [-0.25, -0.2) is 9.67 Å². The van der Waals surface area contributed by atoms with Crippen molar-refractivity contribution in [2.45, 2.75) is 31.8 Å². The summed E-state index contributed by atoms with van der Waals surface area (Å²) in [4.78, 5) is 3.89. The highest BCUT2D eigenvalue weighted by Crippen LogP contribution is 2.36. The fraction of sp³-hybridized carbons (Fsp3) is 0.467. The number of aromatic nitrogens is 3. The molecule has 0 saturated heterocycles. The van der Waals surface area contributed by atoms with E-state index in [1.165, 1.54) is 24.4 Å². The van der Waals surface area contributed by atoms with Crippen molar-refractivity contribution in [3.8, 4) is 0 Å². The van der Waals surface area contributed by atoms with Crippen molar-refractivity contribution in [2.24, 2.45) is 0 Å². The van der Waals surface area contributed by atoms with Gasteiger partial charge in [-0.3, -0.25) is 0 Å². The molecule has 0 amide bonds. The average molecular weight is 360 g/mol. The number of aliphatic hydroxyl groups is 1. The summed E-state index contributed by atoms with van der Waals surface area (Å²) in [6, 6.07) is 4.88. The van der Waals surface area contributed by atoms with Crippen LogP contribution in [0, 0.1) is 0 Å². The van der Waals surface area contributed by atoms with Crippen LogP contribution in [0.25, 0.3) is 0 Å². The van der Waals surface area contributed by atoms with Crippen LogP contribution in [0.5, 0.6) is 0 Å². The highest BCUT2D eigenvalue weighted by atomic mass is 35.5. The third-order valence-corrected chi connectivity index (χ3v) is 3.89. The quantitative estimate of drug-likeness (QED) is 0.733. The zero-order valence-electron chi connectivity index (χ0n) is 12.9. The Morgan fingerprint density at radius 1 is 1.39 bits per heavy atom. The Labute approximate surface area is 144 Å². The molecule has 0 spiro atoms. The van der Waals surface area contributed by atoms with Crippen molar-refractivity contribution in [3.63, 3.8) is 0 Å². The molecule has 126 valence electrons. The Kier molecular flexibility index (Phi) is 6.38. The zero-order valence-corrected chi connectivity index (χ0v) is 14.5. The van der Waals surface area contributed by atoms with Crippen molar-refractivity contribution in [1.29, 1.82) is 0 Å². The molecule has 8 heteroatoms. The first-order valence-electron chi connectivity index (χ1n) is 7.16. The second-order valence-electron chi connectivity index (χ2n) is 5.08. The Morgan fingerprint density at radius 2 is 2.17 bits per heavy atom. The molecule has 2 rings (SSSR count). The van der Waals surface area contributed by atoms with Crippen LogP contribution in [0.1, 0.15) is 18.9 Å². The molecule has 0 aliphatic rings. The summed E-state index contributed by atoms with van der Waals surface area (Å²) in [5.74, 6) is 0. The lowest BCUT2D eigenvalue weighted by atomic mass is 9.92. The van der Waals surface area contributed by atoms with E-state index in [4.69, 9.17) is 32.7 Å². The van der Waals surface area contributed by atoms with E-state index in [-0.39, 0.29) is 6.54 Å². The fourth-order valence-electron chi connectivity index (χ4n) is 2.31. The first-order valence-corrected chi connectivity index (χ1v) is 7.91. The number of methoxy groups -OCH3 is 1. The molecule has 2 atom stereocenters. The number of halogens is 2. The molecule has 23 heavy (non-hydrogen) atoms. The third-order valence-electron chi connectivity index (χ3n) is 3.34. The number of rotatable bonds is 8. The minimum absolute atomic E-state index is 0.0660. The van der Waals surface area contributed by atoms with Crippen LogP contribution in [0.3, 0.4) is 0 Å². The molecule has 0 bridgehead atoms. The Hall–Kier alpha value is -1.18. The molecule has 0 radical (unpaired) electrons. The summed E-state index contributed by atoms with van der Waals surface area (Å²) < 4.78 is 12.5. The number of nitrogens with zero attached hydrogens (tertiary/aromatic N) is 3. The van der Waals surface area contributed by atoms with Crippen molar-refractivity contribution in [3.05, 3.63) is 46.5 Å². The van der Waals surface area contributed by atoms with E-state index in [2.05, 4.69) is 10.1 Å². The molecule has 0 saturated carbocycles. The smallest absolute Gasteiger partial charge is 0.192 e. The van der Waals surface area contributed by atoms with Crippen molar-refractivity contribution in [2.75, 3.05) is 13.7 Å². The molecule has 0 aliphatic heterocycles. The molecular formula is C15H19Cl2N3O3. The van der Waals surface area contributed by atoms with E-state index in [0.717, 1.165) is 6.42 Å². The van der Waals surface area contributed by atoms with Gasteiger partial charge in [0.15, 0.2) is 11.9 Å². The van der Waals surface area contributed by atoms with Gasteiger partial charge in [-0.05, 0) is 18.6 Å². The molecule has 2 aromatic rings. The Bertz CT molecular complexity index is 624. The molecule has 0 aliphatic carbocycles. The number of ether oxygens (including phenoxy) is 2. The second-order valence-corrected chi connectivity index (χ2v) is 5.92. The van der Waals surface area contributed by atoms with Crippen LogP contribution in [-0.2, 0) is 21.6 Å². The van der Waals surface area contributed by atoms with Crippen molar-refractivity contribution >= 4 is 23.2 Å². The Morgan fingerprint density at radius 3 is 2.74 bits per heavy atom. The van der Waals surface area contributed by atoms with Crippen LogP contribution in [0.2, 0.25) is 10.0 Å². The monoisotopic (exact) mass is 359 g/mol. The summed E-state index contributed by atoms with van der Waals surface area (Å²) in [5.41, 5.74) is -1.11. The van der Waals surface area contributed by atoms with Crippen LogP contribution in [-0.4, -0.2) is 39.9 Å². The highest BCUT2D eigenvalue weighted by Gasteiger charge is 2.42. The molecule has 1 heterocycles. The maximum Gasteiger partial charge on any atom is 0.192 e. The van der Waals surface area contributed by atoms with Crippen LogP contribution in [0.15, 0.2) is 30.9 Å². The van der Waals surface area contributed by atoms with Gasteiger partial charge in [0, 0.05) is 29.3 Å². The fourth-order valence-corrected chi connectivity index (χ4v) is 2.89. The molecule has 1 aromatic carbocycles. The van der Waals surface area contributed by atoms with E-state index in [0.29, 0.717) is 22.2 Å². The molecule has 1 N–H and O–H groups in total. The van der Waals surface area contributed by atoms with Gasteiger partial charge in [0.1, 0.15) is 12.7 Å². The summed E-state index contributed by atoms with van der Waals surface area (Å²) >= 11 is 12.2. The van der Waals surface area contributed by atoms with E-state index in [1.54, 1.807) is 18.2 Å². The van der Waals surface area contributed by atoms with E-state index in [1.807, 2.05) is 6.92 Å². The zero-order chi connectivity index (χ0) is 16.9. The largest absolute Gasteiger partial charge is 0.378 e. The van der Waals surface area contributed by atoms with Crippen molar-refractivity contribution in [1.82, 2.24) is 14.8 Å². The summed E-state index contributed by atoms with van der Waals surface area (Å²) in [7, 11) is 1.47. The maximum atomic E-state index is 11.3. The van der Waals surface area contributed by atoms with Gasteiger partial charge in [0.05, 0.1) is 6.54 Å². The summed E-state index contributed by atoms with van der Waals surface area (Å²) in [6.07, 6.45) is 2.75. The van der Waals surface area contributed by atoms with Gasteiger partial charge in [-0.2, -0.15) is 5.10 Å².